The minimum atomic E-state index is -3.01. The van der Waals surface area contributed by atoms with Crippen LogP contribution in [0.25, 0.3) is 11.0 Å². The Kier molecular flexibility index (Phi) is 4.63. The zero-order valence-electron chi connectivity index (χ0n) is 13.4. The second-order valence-electron chi connectivity index (χ2n) is 5.53. The lowest BCUT2D eigenvalue weighted by molar-refractivity contribution is -0.0497. The third-order valence-electron chi connectivity index (χ3n) is 3.70. The van der Waals surface area contributed by atoms with Crippen molar-refractivity contribution in [2.45, 2.75) is 20.5 Å². The molecule has 0 saturated carbocycles. The summed E-state index contributed by atoms with van der Waals surface area (Å²) >= 11 is 5.80. The van der Waals surface area contributed by atoms with E-state index in [1.807, 2.05) is 19.1 Å². The highest BCUT2D eigenvalue weighted by Crippen LogP contribution is 2.30. The normalized spacial score (nSPS) is 11.1. The van der Waals surface area contributed by atoms with E-state index in [1.54, 1.807) is 13.0 Å². The molecule has 0 atom stereocenters. The summed E-state index contributed by atoms with van der Waals surface area (Å²) in [5.41, 5.74) is 2.62. The Morgan fingerprint density at radius 1 is 1.20 bits per heavy atom. The molecule has 1 heterocycles. The van der Waals surface area contributed by atoms with Crippen LogP contribution in [0.5, 0.6) is 5.75 Å². The van der Waals surface area contributed by atoms with E-state index in [4.69, 9.17) is 16.0 Å². The fraction of sp³-hybridized carbons (Fsp3) is 0.167. The van der Waals surface area contributed by atoms with E-state index in [-0.39, 0.29) is 22.2 Å². The van der Waals surface area contributed by atoms with E-state index >= 15 is 0 Å². The van der Waals surface area contributed by atoms with Gasteiger partial charge in [0, 0.05) is 22.7 Å². The fourth-order valence-corrected chi connectivity index (χ4v) is 2.67. The molecule has 0 aliphatic heterocycles. The molecule has 130 valence electrons. The number of halogens is 3. The SMILES string of the molecule is Cc1ccc2oc(C(=O)Nc3ccc(Cl)c(OC(F)F)c3)c(C)c2c1. The van der Waals surface area contributed by atoms with E-state index in [2.05, 4.69) is 10.1 Å². The maximum absolute atomic E-state index is 12.5. The van der Waals surface area contributed by atoms with Crippen molar-refractivity contribution in [1.29, 1.82) is 0 Å². The van der Waals surface area contributed by atoms with Gasteiger partial charge >= 0.3 is 6.61 Å². The van der Waals surface area contributed by atoms with Crippen LogP contribution in [0.3, 0.4) is 0 Å². The maximum atomic E-state index is 12.5. The van der Waals surface area contributed by atoms with E-state index in [9.17, 15) is 13.6 Å². The van der Waals surface area contributed by atoms with E-state index in [0.29, 0.717) is 11.1 Å². The number of anilines is 1. The minimum Gasteiger partial charge on any atom is -0.451 e. The molecule has 25 heavy (non-hydrogen) atoms. The molecule has 0 radical (unpaired) electrons. The van der Waals surface area contributed by atoms with Crippen molar-refractivity contribution < 1.29 is 22.7 Å². The summed E-state index contributed by atoms with van der Waals surface area (Å²) in [5.74, 6) is -0.546. The molecule has 0 fully saturated rings. The third-order valence-corrected chi connectivity index (χ3v) is 4.02. The van der Waals surface area contributed by atoms with Crippen molar-refractivity contribution in [2.75, 3.05) is 5.32 Å². The maximum Gasteiger partial charge on any atom is 0.387 e. The van der Waals surface area contributed by atoms with Gasteiger partial charge in [-0.25, -0.2) is 0 Å². The molecule has 0 unspecified atom stereocenters. The highest BCUT2D eigenvalue weighted by Gasteiger charge is 2.18. The van der Waals surface area contributed by atoms with Crippen LogP contribution in [0.4, 0.5) is 14.5 Å². The van der Waals surface area contributed by atoms with Gasteiger partial charge in [-0.1, -0.05) is 23.2 Å². The molecule has 0 spiro atoms. The first kappa shape index (κ1) is 17.2. The number of rotatable bonds is 4. The molecule has 0 bridgehead atoms. The van der Waals surface area contributed by atoms with Gasteiger partial charge in [0.15, 0.2) is 5.76 Å². The topological polar surface area (TPSA) is 51.5 Å². The van der Waals surface area contributed by atoms with Gasteiger partial charge in [-0.15, -0.1) is 0 Å². The van der Waals surface area contributed by atoms with Crippen LogP contribution < -0.4 is 10.1 Å². The van der Waals surface area contributed by atoms with Crippen molar-refractivity contribution in [3.63, 3.8) is 0 Å². The predicted octanol–water partition coefficient (Wildman–Crippen LogP) is 5.56. The van der Waals surface area contributed by atoms with Crippen LogP contribution in [0, 0.1) is 13.8 Å². The van der Waals surface area contributed by atoms with Crippen LogP contribution in [0.2, 0.25) is 5.02 Å². The van der Waals surface area contributed by atoms with Gasteiger partial charge in [-0.3, -0.25) is 4.79 Å². The zero-order valence-corrected chi connectivity index (χ0v) is 14.2. The van der Waals surface area contributed by atoms with E-state index < -0.39 is 12.5 Å². The Labute approximate surface area is 147 Å². The third kappa shape index (κ3) is 3.58. The molecule has 4 nitrogen and oxygen atoms in total. The van der Waals surface area contributed by atoms with Crippen molar-refractivity contribution in [2.24, 2.45) is 0 Å². The van der Waals surface area contributed by atoms with Crippen LogP contribution in [0.1, 0.15) is 21.7 Å². The molecular formula is C18H14ClF2NO3. The number of fused-ring (bicyclic) bond motifs is 1. The van der Waals surface area contributed by atoms with E-state index in [0.717, 1.165) is 10.9 Å². The van der Waals surface area contributed by atoms with Crippen LogP contribution in [-0.2, 0) is 0 Å². The smallest absolute Gasteiger partial charge is 0.387 e. The molecule has 1 N–H and O–H groups in total. The number of alkyl halides is 2. The second-order valence-corrected chi connectivity index (χ2v) is 5.94. The number of nitrogens with one attached hydrogen (secondary N) is 1. The predicted molar refractivity (Wildman–Crippen MR) is 91.7 cm³/mol. The first-order valence-corrected chi connectivity index (χ1v) is 7.78. The molecule has 0 saturated heterocycles. The number of ether oxygens (including phenoxy) is 1. The summed E-state index contributed by atoms with van der Waals surface area (Å²) in [6.07, 6.45) is 0. The van der Waals surface area contributed by atoms with Crippen molar-refractivity contribution in [3.8, 4) is 5.75 Å². The van der Waals surface area contributed by atoms with Gasteiger partial charge in [-0.2, -0.15) is 8.78 Å². The van der Waals surface area contributed by atoms with Crippen LogP contribution in [-0.4, -0.2) is 12.5 Å². The molecule has 1 aromatic heterocycles. The Morgan fingerprint density at radius 2 is 1.96 bits per heavy atom. The van der Waals surface area contributed by atoms with Crippen molar-refractivity contribution in [1.82, 2.24) is 0 Å². The first-order chi connectivity index (χ1) is 11.8. The van der Waals surface area contributed by atoms with Crippen molar-refractivity contribution in [3.05, 3.63) is 58.3 Å². The molecule has 1 amide bonds. The lowest BCUT2D eigenvalue weighted by Gasteiger charge is -2.09. The largest absolute Gasteiger partial charge is 0.451 e. The number of carbonyl (C=O) groups excluding carboxylic acids is 1. The number of amides is 1. The second kappa shape index (κ2) is 6.72. The summed E-state index contributed by atoms with van der Waals surface area (Å²) < 4.78 is 34.7. The highest BCUT2D eigenvalue weighted by atomic mass is 35.5. The summed E-state index contributed by atoms with van der Waals surface area (Å²) in [6, 6.07) is 9.70. The van der Waals surface area contributed by atoms with Gasteiger partial charge < -0.3 is 14.5 Å². The molecule has 2 aromatic carbocycles. The van der Waals surface area contributed by atoms with Crippen LogP contribution in [0.15, 0.2) is 40.8 Å². The molecule has 3 aromatic rings. The number of benzene rings is 2. The first-order valence-electron chi connectivity index (χ1n) is 7.40. The highest BCUT2D eigenvalue weighted by molar-refractivity contribution is 6.32. The minimum absolute atomic E-state index is 0.0219. The van der Waals surface area contributed by atoms with Crippen LogP contribution >= 0.6 is 11.6 Å². The average molecular weight is 366 g/mol. The molecule has 7 heteroatoms. The average Bonchev–Trinajstić information content (AvgIpc) is 2.87. The quantitative estimate of drug-likeness (QED) is 0.658. The number of hydrogen-bond acceptors (Lipinski definition) is 3. The molecule has 0 aliphatic carbocycles. The summed E-state index contributed by atoms with van der Waals surface area (Å²) in [7, 11) is 0. The molecule has 0 aliphatic rings. The fourth-order valence-electron chi connectivity index (χ4n) is 2.51. The number of hydrogen-bond donors (Lipinski definition) is 1. The Hall–Kier alpha value is -2.60. The number of furan rings is 1. The monoisotopic (exact) mass is 365 g/mol. The Bertz CT molecular complexity index is 953. The Morgan fingerprint density at radius 3 is 2.68 bits per heavy atom. The van der Waals surface area contributed by atoms with Gasteiger partial charge in [-0.05, 0) is 38.1 Å². The Balaban J connectivity index is 1.89. The molecule has 3 rings (SSSR count). The lowest BCUT2D eigenvalue weighted by atomic mass is 10.1. The number of carbonyl (C=O) groups is 1. The standard InChI is InChI=1S/C18H14ClF2NO3/c1-9-3-6-14-12(7-9)10(2)16(24-14)17(23)22-11-4-5-13(19)15(8-11)25-18(20)21/h3-8,18H,1-2H3,(H,22,23). The zero-order chi connectivity index (χ0) is 18.1. The van der Waals surface area contributed by atoms with Crippen molar-refractivity contribution >= 4 is 34.2 Å². The number of aryl methyl sites for hydroxylation is 2. The van der Waals surface area contributed by atoms with E-state index in [1.165, 1.54) is 18.2 Å². The van der Waals surface area contributed by atoms with Gasteiger partial charge in [0.1, 0.15) is 11.3 Å². The van der Waals surface area contributed by atoms with Gasteiger partial charge in [0.25, 0.3) is 5.91 Å². The summed E-state index contributed by atoms with van der Waals surface area (Å²) in [4.78, 5) is 12.5. The van der Waals surface area contributed by atoms with Gasteiger partial charge in [0.2, 0.25) is 0 Å². The summed E-state index contributed by atoms with van der Waals surface area (Å²) in [6.45, 7) is 0.723. The molecular weight excluding hydrogens is 352 g/mol. The van der Waals surface area contributed by atoms with Gasteiger partial charge in [0.05, 0.1) is 5.02 Å². The lowest BCUT2D eigenvalue weighted by Crippen LogP contribution is -2.12. The summed E-state index contributed by atoms with van der Waals surface area (Å²) in [5, 5.41) is 3.47.